The van der Waals surface area contributed by atoms with Gasteiger partial charge in [0.1, 0.15) is 11.6 Å². The van der Waals surface area contributed by atoms with Crippen molar-refractivity contribution in [1.29, 1.82) is 0 Å². The van der Waals surface area contributed by atoms with Crippen LogP contribution in [0.2, 0.25) is 0 Å². The lowest BCUT2D eigenvalue weighted by Crippen LogP contribution is -2.50. The molecule has 3 N–H and O–H groups in total. The summed E-state index contributed by atoms with van der Waals surface area (Å²) >= 11 is 0. The number of nitrogens with one attached hydrogen (secondary N) is 2. The van der Waals surface area contributed by atoms with Crippen molar-refractivity contribution >= 4 is 11.9 Å². The number of aliphatic hydroxyl groups is 1. The van der Waals surface area contributed by atoms with Crippen molar-refractivity contribution in [2.45, 2.75) is 71.6 Å². The third kappa shape index (κ3) is 8.07. The number of benzene rings is 2. The molecule has 4 unspecified atom stereocenters. The second kappa shape index (κ2) is 12.1. The molecule has 4 atom stereocenters. The standard InChI is InChI=1S/C29H38F2N2O4/c1-17(34)33-25(13-19-10-21(30)14-22(31)11-19)26(35)16-32-27-23(28(36)37-5)9-8-20-7-6-18(12-24(20)27)15-29(2,3)4/h6-7,10-12,14,23,25-27,32,35H,8-9,13,15-16H2,1-5H3,(H,33,34). The van der Waals surface area contributed by atoms with Gasteiger partial charge in [0.2, 0.25) is 5.91 Å². The van der Waals surface area contributed by atoms with Gasteiger partial charge >= 0.3 is 5.97 Å². The van der Waals surface area contributed by atoms with Crippen molar-refractivity contribution in [3.05, 3.63) is 70.3 Å². The Morgan fingerprint density at radius 2 is 1.78 bits per heavy atom. The number of hydrogen-bond donors (Lipinski definition) is 3. The van der Waals surface area contributed by atoms with Gasteiger partial charge in [-0.3, -0.25) is 9.59 Å². The lowest BCUT2D eigenvalue weighted by atomic mass is 9.77. The van der Waals surface area contributed by atoms with Crippen LogP contribution < -0.4 is 10.6 Å². The highest BCUT2D eigenvalue weighted by atomic mass is 19.1. The first-order valence-electron chi connectivity index (χ1n) is 12.7. The molecule has 2 aromatic carbocycles. The summed E-state index contributed by atoms with van der Waals surface area (Å²) in [4.78, 5) is 24.5. The van der Waals surface area contributed by atoms with Crippen molar-refractivity contribution in [2.24, 2.45) is 11.3 Å². The number of halogens is 2. The predicted octanol–water partition coefficient (Wildman–Crippen LogP) is 4.03. The number of esters is 1. The van der Waals surface area contributed by atoms with Crippen molar-refractivity contribution < 1.29 is 28.2 Å². The van der Waals surface area contributed by atoms with Crippen LogP contribution in [0.15, 0.2) is 36.4 Å². The van der Waals surface area contributed by atoms with Crippen LogP contribution in [0.5, 0.6) is 0 Å². The van der Waals surface area contributed by atoms with Gasteiger partial charge < -0.3 is 20.5 Å². The van der Waals surface area contributed by atoms with E-state index in [0.717, 1.165) is 35.6 Å². The molecule has 0 saturated carbocycles. The molecule has 0 aliphatic heterocycles. The lowest BCUT2D eigenvalue weighted by Gasteiger charge is -2.35. The van der Waals surface area contributed by atoms with Gasteiger partial charge in [-0.05, 0) is 65.5 Å². The minimum atomic E-state index is -1.09. The Kier molecular flexibility index (Phi) is 9.42. The Balaban J connectivity index is 1.84. The molecule has 1 aliphatic rings. The highest BCUT2D eigenvalue weighted by Gasteiger charge is 2.36. The second-order valence-electron chi connectivity index (χ2n) is 11.2. The third-order valence-electron chi connectivity index (χ3n) is 6.69. The summed E-state index contributed by atoms with van der Waals surface area (Å²) in [5.41, 5.74) is 3.70. The molecule has 6 nitrogen and oxygen atoms in total. The Morgan fingerprint density at radius 3 is 2.38 bits per heavy atom. The minimum Gasteiger partial charge on any atom is -0.469 e. The Morgan fingerprint density at radius 1 is 1.11 bits per heavy atom. The van der Waals surface area contributed by atoms with Crippen molar-refractivity contribution in [3.8, 4) is 0 Å². The SMILES string of the molecule is COC(=O)C1CCc2ccc(CC(C)(C)C)cc2C1NCC(O)C(Cc1cc(F)cc(F)c1)NC(C)=O. The van der Waals surface area contributed by atoms with Crippen LogP contribution in [0.3, 0.4) is 0 Å². The van der Waals surface area contributed by atoms with Crippen LogP contribution in [-0.2, 0) is 33.6 Å². The molecule has 0 radical (unpaired) electrons. The van der Waals surface area contributed by atoms with E-state index in [9.17, 15) is 23.5 Å². The monoisotopic (exact) mass is 516 g/mol. The number of ether oxygens (including phenoxy) is 1. The van der Waals surface area contributed by atoms with E-state index in [-0.39, 0.29) is 30.3 Å². The molecule has 1 amide bonds. The first-order chi connectivity index (χ1) is 17.4. The maximum atomic E-state index is 13.7. The topological polar surface area (TPSA) is 87.7 Å². The maximum Gasteiger partial charge on any atom is 0.310 e. The molecule has 37 heavy (non-hydrogen) atoms. The molecular formula is C29H38F2N2O4. The van der Waals surface area contributed by atoms with Gasteiger partial charge in [0.05, 0.1) is 25.2 Å². The molecule has 202 valence electrons. The van der Waals surface area contributed by atoms with Gasteiger partial charge in [-0.2, -0.15) is 0 Å². The lowest BCUT2D eigenvalue weighted by molar-refractivity contribution is -0.147. The van der Waals surface area contributed by atoms with Crippen molar-refractivity contribution in [1.82, 2.24) is 10.6 Å². The Hall–Kier alpha value is -2.84. The van der Waals surface area contributed by atoms with Crippen LogP contribution in [0.4, 0.5) is 8.78 Å². The average Bonchev–Trinajstić information content (AvgIpc) is 2.79. The van der Waals surface area contributed by atoms with Gasteiger partial charge in [-0.1, -0.05) is 39.0 Å². The summed E-state index contributed by atoms with van der Waals surface area (Å²) in [5.74, 6) is -2.59. The van der Waals surface area contributed by atoms with E-state index in [1.165, 1.54) is 26.2 Å². The van der Waals surface area contributed by atoms with Crippen LogP contribution in [0, 0.1) is 23.0 Å². The van der Waals surface area contributed by atoms with Crippen LogP contribution >= 0.6 is 0 Å². The molecule has 8 heteroatoms. The largest absolute Gasteiger partial charge is 0.469 e. The molecule has 1 aliphatic carbocycles. The van der Waals surface area contributed by atoms with Gasteiger partial charge in [0.25, 0.3) is 0 Å². The molecule has 0 saturated heterocycles. The molecule has 0 fully saturated rings. The fourth-order valence-electron chi connectivity index (χ4n) is 5.15. The first-order valence-corrected chi connectivity index (χ1v) is 12.7. The zero-order valence-corrected chi connectivity index (χ0v) is 22.2. The molecule has 0 bridgehead atoms. The quantitative estimate of drug-likeness (QED) is 0.438. The highest BCUT2D eigenvalue weighted by Crippen LogP contribution is 2.37. The van der Waals surface area contributed by atoms with Crippen LogP contribution in [0.1, 0.15) is 62.4 Å². The van der Waals surface area contributed by atoms with Gasteiger partial charge in [-0.25, -0.2) is 8.78 Å². The number of aliphatic hydroxyl groups excluding tert-OH is 1. The average molecular weight is 517 g/mol. The Bertz CT molecular complexity index is 1100. The van der Waals surface area contributed by atoms with E-state index in [2.05, 4.69) is 49.6 Å². The number of carbonyl (C=O) groups excluding carboxylic acids is 2. The van der Waals surface area contributed by atoms with E-state index in [0.29, 0.717) is 12.0 Å². The predicted molar refractivity (Wildman–Crippen MR) is 138 cm³/mol. The molecule has 0 aromatic heterocycles. The third-order valence-corrected chi connectivity index (χ3v) is 6.69. The molecule has 0 spiro atoms. The number of carbonyl (C=O) groups is 2. The number of fused-ring (bicyclic) bond motifs is 1. The van der Waals surface area contributed by atoms with E-state index in [1.54, 1.807) is 0 Å². The highest BCUT2D eigenvalue weighted by molar-refractivity contribution is 5.74. The van der Waals surface area contributed by atoms with Crippen LogP contribution in [-0.4, -0.2) is 42.8 Å². The summed E-state index contributed by atoms with van der Waals surface area (Å²) in [6.45, 7) is 7.87. The maximum absolute atomic E-state index is 13.7. The van der Waals surface area contributed by atoms with Crippen molar-refractivity contribution in [2.75, 3.05) is 13.7 Å². The zero-order valence-electron chi connectivity index (χ0n) is 22.2. The first kappa shape index (κ1) is 28.7. The summed E-state index contributed by atoms with van der Waals surface area (Å²) in [7, 11) is 1.37. The molecular weight excluding hydrogens is 478 g/mol. The summed E-state index contributed by atoms with van der Waals surface area (Å²) in [6.07, 6.45) is 1.16. The van der Waals surface area contributed by atoms with Crippen molar-refractivity contribution in [3.63, 3.8) is 0 Å². The fourth-order valence-corrected chi connectivity index (χ4v) is 5.15. The van der Waals surface area contributed by atoms with E-state index < -0.39 is 35.7 Å². The number of amides is 1. The number of methoxy groups -OCH3 is 1. The fraction of sp³-hybridized carbons (Fsp3) is 0.517. The normalized spacial score (nSPS) is 19.0. The molecule has 0 heterocycles. The molecule has 3 rings (SSSR count). The second-order valence-corrected chi connectivity index (χ2v) is 11.2. The van der Waals surface area contributed by atoms with E-state index in [4.69, 9.17) is 4.74 Å². The Labute approximate surface area is 217 Å². The van der Waals surface area contributed by atoms with Gasteiger partial charge in [0.15, 0.2) is 0 Å². The molecule has 2 aromatic rings. The summed E-state index contributed by atoms with van der Waals surface area (Å²) < 4.78 is 32.5. The van der Waals surface area contributed by atoms with Crippen LogP contribution in [0.25, 0.3) is 0 Å². The van der Waals surface area contributed by atoms with Gasteiger partial charge in [0, 0.05) is 25.6 Å². The summed E-state index contributed by atoms with van der Waals surface area (Å²) in [6, 6.07) is 8.30. The van der Waals surface area contributed by atoms with E-state index >= 15 is 0 Å². The smallest absolute Gasteiger partial charge is 0.310 e. The zero-order chi connectivity index (χ0) is 27.3. The number of rotatable bonds is 9. The number of hydrogen-bond acceptors (Lipinski definition) is 5. The number of aryl methyl sites for hydroxylation is 1. The van der Waals surface area contributed by atoms with Gasteiger partial charge in [-0.15, -0.1) is 0 Å². The summed E-state index contributed by atoms with van der Waals surface area (Å²) in [5, 5.41) is 17.1. The van der Waals surface area contributed by atoms with E-state index in [1.807, 2.05) is 0 Å². The minimum absolute atomic E-state index is 0.0362.